The van der Waals surface area contributed by atoms with E-state index < -0.39 is 5.97 Å². The first-order chi connectivity index (χ1) is 8.62. The number of aromatic nitrogens is 1. The average molecular weight is 270 g/mol. The van der Waals surface area contributed by atoms with E-state index in [0.29, 0.717) is 4.88 Å². The first-order valence-electron chi connectivity index (χ1n) is 6.56. The van der Waals surface area contributed by atoms with Gasteiger partial charge in [-0.3, -0.25) is 0 Å². The Morgan fingerprint density at radius 2 is 1.94 bits per heavy atom. The molecule has 0 radical (unpaired) electrons. The fourth-order valence-corrected chi connectivity index (χ4v) is 2.81. The number of nitrogens with zero attached hydrogens (tertiary/aromatic N) is 2. The molecule has 0 fully saturated rings. The lowest BCUT2D eigenvalue weighted by molar-refractivity contribution is 0.0700. The standard InChI is InChI=1S/C13H22N2O2S/c1-4-7-10-12(13(16)17)18-11(14-10)8-9-15(5-2)6-3/h4-9H2,1-3H3,(H,16,17). The van der Waals surface area contributed by atoms with Crippen LogP contribution in [-0.2, 0) is 12.8 Å². The lowest BCUT2D eigenvalue weighted by atomic mass is 10.2. The highest BCUT2D eigenvalue weighted by molar-refractivity contribution is 7.13. The highest BCUT2D eigenvalue weighted by Crippen LogP contribution is 2.20. The normalized spacial score (nSPS) is 11.1. The molecule has 0 aromatic carbocycles. The number of hydrogen-bond donors (Lipinski definition) is 1. The number of carboxylic acids is 1. The molecule has 0 bridgehead atoms. The maximum Gasteiger partial charge on any atom is 0.347 e. The molecular weight excluding hydrogens is 248 g/mol. The van der Waals surface area contributed by atoms with Gasteiger partial charge in [0.1, 0.15) is 4.88 Å². The Balaban J connectivity index is 2.72. The molecule has 5 heteroatoms. The zero-order valence-corrected chi connectivity index (χ0v) is 12.2. The minimum absolute atomic E-state index is 0.423. The van der Waals surface area contributed by atoms with Gasteiger partial charge in [-0.1, -0.05) is 27.2 Å². The predicted molar refractivity (Wildman–Crippen MR) is 74.6 cm³/mol. The molecule has 4 nitrogen and oxygen atoms in total. The Morgan fingerprint density at radius 3 is 2.44 bits per heavy atom. The van der Waals surface area contributed by atoms with E-state index in [9.17, 15) is 4.79 Å². The Kier molecular flexibility index (Phi) is 6.29. The van der Waals surface area contributed by atoms with Crippen LogP contribution in [0.5, 0.6) is 0 Å². The second-order valence-corrected chi connectivity index (χ2v) is 5.30. The van der Waals surface area contributed by atoms with E-state index in [1.54, 1.807) is 0 Å². The molecular formula is C13H22N2O2S. The van der Waals surface area contributed by atoms with Crippen LogP contribution in [0.15, 0.2) is 0 Å². The number of aryl methyl sites for hydroxylation is 1. The van der Waals surface area contributed by atoms with Crippen molar-refractivity contribution in [3.8, 4) is 0 Å². The molecule has 0 spiro atoms. The fourth-order valence-electron chi connectivity index (χ4n) is 1.87. The highest BCUT2D eigenvalue weighted by atomic mass is 32.1. The van der Waals surface area contributed by atoms with Crippen molar-refractivity contribution in [2.45, 2.75) is 40.0 Å². The van der Waals surface area contributed by atoms with Gasteiger partial charge in [0.15, 0.2) is 0 Å². The maximum absolute atomic E-state index is 11.1. The summed E-state index contributed by atoms with van der Waals surface area (Å²) in [6.45, 7) is 9.31. The van der Waals surface area contributed by atoms with Gasteiger partial charge < -0.3 is 10.0 Å². The molecule has 0 saturated heterocycles. The molecule has 0 amide bonds. The number of aromatic carboxylic acids is 1. The molecule has 1 aromatic rings. The molecule has 0 unspecified atom stereocenters. The second kappa shape index (κ2) is 7.48. The molecule has 0 aliphatic rings. The van der Waals surface area contributed by atoms with Crippen molar-refractivity contribution in [2.75, 3.05) is 19.6 Å². The summed E-state index contributed by atoms with van der Waals surface area (Å²) >= 11 is 1.33. The molecule has 1 rings (SSSR count). The smallest absolute Gasteiger partial charge is 0.347 e. The molecule has 1 heterocycles. The Hall–Kier alpha value is -0.940. The van der Waals surface area contributed by atoms with Crippen molar-refractivity contribution < 1.29 is 9.90 Å². The largest absolute Gasteiger partial charge is 0.477 e. The summed E-state index contributed by atoms with van der Waals surface area (Å²) in [5.74, 6) is -0.843. The molecule has 0 saturated carbocycles. The van der Waals surface area contributed by atoms with Gasteiger partial charge in [-0.2, -0.15) is 0 Å². The summed E-state index contributed by atoms with van der Waals surface area (Å²) in [6, 6.07) is 0. The lowest BCUT2D eigenvalue weighted by Gasteiger charge is -2.16. The number of carbonyl (C=O) groups is 1. The molecule has 102 valence electrons. The van der Waals surface area contributed by atoms with E-state index >= 15 is 0 Å². The van der Waals surface area contributed by atoms with Gasteiger partial charge in [-0.25, -0.2) is 9.78 Å². The minimum Gasteiger partial charge on any atom is -0.477 e. The molecule has 1 N–H and O–H groups in total. The molecule has 1 aromatic heterocycles. The Labute approximate surface area is 113 Å². The van der Waals surface area contributed by atoms with Crippen LogP contribution >= 0.6 is 11.3 Å². The Morgan fingerprint density at radius 1 is 1.28 bits per heavy atom. The van der Waals surface area contributed by atoms with E-state index in [-0.39, 0.29) is 0 Å². The topological polar surface area (TPSA) is 53.4 Å². The first kappa shape index (κ1) is 15.1. The zero-order valence-electron chi connectivity index (χ0n) is 11.4. The SMILES string of the molecule is CCCc1nc(CCN(CC)CC)sc1C(=O)O. The van der Waals surface area contributed by atoms with Crippen molar-refractivity contribution in [1.82, 2.24) is 9.88 Å². The maximum atomic E-state index is 11.1. The van der Waals surface area contributed by atoms with Crippen molar-refractivity contribution in [3.05, 3.63) is 15.6 Å². The van der Waals surface area contributed by atoms with E-state index in [1.807, 2.05) is 6.92 Å². The fraction of sp³-hybridized carbons (Fsp3) is 0.692. The quantitative estimate of drug-likeness (QED) is 0.789. The van der Waals surface area contributed by atoms with Crippen molar-refractivity contribution in [3.63, 3.8) is 0 Å². The third-order valence-corrected chi connectivity index (χ3v) is 4.10. The van der Waals surface area contributed by atoms with Gasteiger partial charge in [0.05, 0.1) is 10.7 Å². The number of rotatable bonds is 8. The van der Waals surface area contributed by atoms with Crippen LogP contribution in [-0.4, -0.2) is 40.6 Å². The molecule has 18 heavy (non-hydrogen) atoms. The van der Waals surface area contributed by atoms with Crippen LogP contribution in [0.4, 0.5) is 0 Å². The van der Waals surface area contributed by atoms with Crippen molar-refractivity contribution in [1.29, 1.82) is 0 Å². The van der Waals surface area contributed by atoms with Gasteiger partial charge in [0, 0.05) is 13.0 Å². The van der Waals surface area contributed by atoms with Gasteiger partial charge in [-0.05, 0) is 19.5 Å². The monoisotopic (exact) mass is 270 g/mol. The molecule has 0 atom stereocenters. The summed E-state index contributed by atoms with van der Waals surface area (Å²) in [4.78, 5) is 18.3. The lowest BCUT2D eigenvalue weighted by Crippen LogP contribution is -2.25. The number of carboxylic acid groups (broad SMARTS) is 1. The van der Waals surface area contributed by atoms with Gasteiger partial charge >= 0.3 is 5.97 Å². The van der Waals surface area contributed by atoms with E-state index in [0.717, 1.165) is 49.6 Å². The summed E-state index contributed by atoms with van der Waals surface area (Å²) < 4.78 is 0. The van der Waals surface area contributed by atoms with E-state index in [1.165, 1.54) is 11.3 Å². The van der Waals surface area contributed by atoms with Gasteiger partial charge in [0.25, 0.3) is 0 Å². The van der Waals surface area contributed by atoms with Crippen LogP contribution in [0, 0.1) is 0 Å². The van der Waals surface area contributed by atoms with Crippen LogP contribution < -0.4 is 0 Å². The first-order valence-corrected chi connectivity index (χ1v) is 7.38. The van der Waals surface area contributed by atoms with E-state index in [2.05, 4.69) is 23.7 Å². The number of likely N-dealkylation sites (N-methyl/N-ethyl adjacent to an activating group) is 1. The third-order valence-electron chi connectivity index (χ3n) is 2.96. The minimum atomic E-state index is -0.843. The van der Waals surface area contributed by atoms with Gasteiger partial charge in [-0.15, -0.1) is 11.3 Å². The van der Waals surface area contributed by atoms with Gasteiger partial charge in [0.2, 0.25) is 0 Å². The van der Waals surface area contributed by atoms with E-state index in [4.69, 9.17) is 5.11 Å². The average Bonchev–Trinajstić information content (AvgIpc) is 2.74. The Bertz CT molecular complexity index is 386. The predicted octanol–water partition coefficient (Wildman–Crippen LogP) is 2.68. The van der Waals surface area contributed by atoms with Crippen LogP contribution in [0.25, 0.3) is 0 Å². The zero-order chi connectivity index (χ0) is 13.5. The van der Waals surface area contributed by atoms with Crippen LogP contribution in [0.3, 0.4) is 0 Å². The van der Waals surface area contributed by atoms with Crippen molar-refractivity contribution >= 4 is 17.3 Å². The summed E-state index contributed by atoms with van der Waals surface area (Å²) in [5.41, 5.74) is 0.754. The number of hydrogen-bond acceptors (Lipinski definition) is 4. The van der Waals surface area contributed by atoms with Crippen LogP contribution in [0.2, 0.25) is 0 Å². The highest BCUT2D eigenvalue weighted by Gasteiger charge is 2.16. The molecule has 0 aliphatic heterocycles. The number of thiazole rings is 1. The summed E-state index contributed by atoms with van der Waals surface area (Å²) in [7, 11) is 0. The van der Waals surface area contributed by atoms with Crippen LogP contribution in [0.1, 0.15) is 47.6 Å². The summed E-state index contributed by atoms with van der Waals surface area (Å²) in [5, 5.41) is 10.1. The summed E-state index contributed by atoms with van der Waals surface area (Å²) in [6.07, 6.45) is 2.53. The van der Waals surface area contributed by atoms with Crippen molar-refractivity contribution in [2.24, 2.45) is 0 Å². The molecule has 0 aliphatic carbocycles. The second-order valence-electron chi connectivity index (χ2n) is 4.22. The third kappa shape index (κ3) is 4.07.